The van der Waals surface area contributed by atoms with Crippen molar-refractivity contribution >= 4 is 33.6 Å². The third-order valence-electron chi connectivity index (χ3n) is 3.27. The first-order chi connectivity index (χ1) is 10.1. The molecule has 0 atom stereocenters. The second-order valence-corrected chi connectivity index (χ2v) is 6.74. The van der Waals surface area contributed by atoms with Crippen LogP contribution in [0.4, 0.5) is 0 Å². The molecule has 1 aromatic carbocycles. The SMILES string of the molecule is Cc1ccc(-n2cc(C=O)c(-c3cc(Br)cs3)n2)c(C)c1. The molecule has 3 rings (SSSR count). The van der Waals surface area contributed by atoms with Crippen LogP contribution in [-0.2, 0) is 0 Å². The maximum absolute atomic E-state index is 11.3. The molecule has 0 unspecified atom stereocenters. The van der Waals surface area contributed by atoms with Crippen molar-refractivity contribution in [3.05, 3.63) is 57.0 Å². The number of nitrogens with zero attached hydrogens (tertiary/aromatic N) is 2. The van der Waals surface area contributed by atoms with E-state index in [1.54, 1.807) is 22.2 Å². The van der Waals surface area contributed by atoms with E-state index < -0.39 is 0 Å². The number of thiophene rings is 1. The van der Waals surface area contributed by atoms with Gasteiger partial charge >= 0.3 is 0 Å². The van der Waals surface area contributed by atoms with E-state index in [1.165, 1.54) is 5.56 Å². The molecule has 0 bridgehead atoms. The van der Waals surface area contributed by atoms with Gasteiger partial charge in [0.25, 0.3) is 0 Å². The van der Waals surface area contributed by atoms with Gasteiger partial charge in [0.2, 0.25) is 0 Å². The van der Waals surface area contributed by atoms with Crippen molar-refractivity contribution < 1.29 is 4.79 Å². The van der Waals surface area contributed by atoms with Crippen LogP contribution < -0.4 is 0 Å². The number of carbonyl (C=O) groups excluding carboxylic acids is 1. The molecule has 3 nitrogen and oxygen atoms in total. The number of carbonyl (C=O) groups is 1. The van der Waals surface area contributed by atoms with E-state index >= 15 is 0 Å². The van der Waals surface area contributed by atoms with Crippen molar-refractivity contribution in [2.45, 2.75) is 13.8 Å². The smallest absolute Gasteiger partial charge is 0.153 e. The molecule has 0 radical (unpaired) electrons. The van der Waals surface area contributed by atoms with Crippen LogP contribution in [-0.4, -0.2) is 16.1 Å². The Labute approximate surface area is 135 Å². The molecular formula is C16H13BrN2OS. The van der Waals surface area contributed by atoms with Gasteiger partial charge in [0.15, 0.2) is 6.29 Å². The zero-order chi connectivity index (χ0) is 15.0. The molecule has 0 N–H and O–H groups in total. The Balaban J connectivity index is 2.13. The molecule has 3 aromatic rings. The molecule has 2 heterocycles. The van der Waals surface area contributed by atoms with Crippen molar-refractivity contribution in [3.8, 4) is 16.3 Å². The maximum Gasteiger partial charge on any atom is 0.153 e. The number of benzene rings is 1. The lowest BCUT2D eigenvalue weighted by Gasteiger charge is -2.06. The standard InChI is InChI=1S/C16H13BrN2OS/c1-10-3-4-14(11(2)5-10)19-7-12(8-20)16(18-19)15-6-13(17)9-21-15/h3-9H,1-2H3. The molecule has 0 amide bonds. The second-order valence-electron chi connectivity index (χ2n) is 4.91. The lowest BCUT2D eigenvalue weighted by Crippen LogP contribution is -1.98. The largest absolute Gasteiger partial charge is 0.298 e. The summed E-state index contributed by atoms with van der Waals surface area (Å²) in [5.74, 6) is 0. The fourth-order valence-corrected chi connectivity index (χ4v) is 3.72. The molecule has 0 spiro atoms. The molecule has 0 aliphatic carbocycles. The van der Waals surface area contributed by atoms with Gasteiger partial charge in [-0.3, -0.25) is 4.79 Å². The Morgan fingerprint density at radius 2 is 2.10 bits per heavy atom. The van der Waals surface area contributed by atoms with E-state index in [0.29, 0.717) is 5.56 Å². The molecule has 0 aliphatic heterocycles. The zero-order valence-electron chi connectivity index (χ0n) is 11.6. The summed E-state index contributed by atoms with van der Waals surface area (Å²) in [6.45, 7) is 4.11. The van der Waals surface area contributed by atoms with Crippen molar-refractivity contribution in [2.24, 2.45) is 0 Å². The molecular weight excluding hydrogens is 348 g/mol. The van der Waals surface area contributed by atoms with Crippen LogP contribution >= 0.6 is 27.3 Å². The van der Waals surface area contributed by atoms with Crippen LogP contribution in [0.25, 0.3) is 16.3 Å². The fraction of sp³-hybridized carbons (Fsp3) is 0.125. The molecule has 0 aliphatic rings. The zero-order valence-corrected chi connectivity index (χ0v) is 14.0. The Morgan fingerprint density at radius 3 is 2.71 bits per heavy atom. The number of halogens is 1. The third kappa shape index (κ3) is 2.71. The van der Waals surface area contributed by atoms with Gasteiger partial charge in [0, 0.05) is 16.0 Å². The third-order valence-corrected chi connectivity index (χ3v) is 4.97. The topological polar surface area (TPSA) is 34.9 Å². The van der Waals surface area contributed by atoms with Crippen molar-refractivity contribution in [1.82, 2.24) is 9.78 Å². The molecule has 0 saturated heterocycles. The number of hydrogen-bond acceptors (Lipinski definition) is 3. The van der Waals surface area contributed by atoms with Gasteiger partial charge in [-0.2, -0.15) is 5.10 Å². The fourth-order valence-electron chi connectivity index (χ4n) is 2.29. The highest BCUT2D eigenvalue weighted by molar-refractivity contribution is 9.10. The van der Waals surface area contributed by atoms with Gasteiger partial charge in [-0.25, -0.2) is 4.68 Å². The van der Waals surface area contributed by atoms with Crippen LogP contribution in [0.1, 0.15) is 21.5 Å². The van der Waals surface area contributed by atoms with Crippen LogP contribution in [0.15, 0.2) is 40.3 Å². The average molecular weight is 361 g/mol. The monoisotopic (exact) mass is 360 g/mol. The van der Waals surface area contributed by atoms with Gasteiger partial charge < -0.3 is 0 Å². The lowest BCUT2D eigenvalue weighted by atomic mass is 10.1. The summed E-state index contributed by atoms with van der Waals surface area (Å²) in [7, 11) is 0. The molecule has 21 heavy (non-hydrogen) atoms. The minimum absolute atomic E-state index is 0.601. The van der Waals surface area contributed by atoms with E-state index in [2.05, 4.69) is 34.0 Å². The Kier molecular flexibility index (Phi) is 3.78. The van der Waals surface area contributed by atoms with Gasteiger partial charge in [0.05, 0.1) is 16.1 Å². The van der Waals surface area contributed by atoms with Crippen LogP contribution in [0.2, 0.25) is 0 Å². The summed E-state index contributed by atoms with van der Waals surface area (Å²) in [5, 5.41) is 6.59. The highest BCUT2D eigenvalue weighted by atomic mass is 79.9. The van der Waals surface area contributed by atoms with Crippen molar-refractivity contribution in [1.29, 1.82) is 0 Å². The van der Waals surface area contributed by atoms with Crippen molar-refractivity contribution in [3.63, 3.8) is 0 Å². The first-order valence-electron chi connectivity index (χ1n) is 6.45. The quantitative estimate of drug-likeness (QED) is 0.629. The molecule has 0 fully saturated rings. The van der Waals surface area contributed by atoms with Crippen LogP contribution in [0, 0.1) is 13.8 Å². The highest BCUT2D eigenvalue weighted by Gasteiger charge is 2.14. The minimum atomic E-state index is 0.601. The maximum atomic E-state index is 11.3. The van der Waals surface area contributed by atoms with E-state index in [-0.39, 0.29) is 0 Å². The van der Waals surface area contributed by atoms with Crippen LogP contribution in [0.5, 0.6) is 0 Å². The number of aryl methyl sites for hydroxylation is 2. The number of rotatable bonds is 3. The molecule has 2 aromatic heterocycles. The predicted octanol–water partition coefficient (Wildman–Crippen LogP) is 4.79. The second kappa shape index (κ2) is 5.58. The normalized spacial score (nSPS) is 10.8. The number of aldehydes is 1. The Morgan fingerprint density at radius 1 is 1.29 bits per heavy atom. The summed E-state index contributed by atoms with van der Waals surface area (Å²) in [5.41, 5.74) is 4.66. The first kappa shape index (κ1) is 14.2. The number of aromatic nitrogens is 2. The van der Waals surface area contributed by atoms with Gasteiger partial charge in [-0.1, -0.05) is 17.7 Å². The average Bonchev–Trinajstić information content (AvgIpc) is 3.04. The highest BCUT2D eigenvalue weighted by Crippen LogP contribution is 2.31. The lowest BCUT2D eigenvalue weighted by molar-refractivity contribution is 0.112. The first-order valence-corrected chi connectivity index (χ1v) is 8.12. The van der Waals surface area contributed by atoms with E-state index in [0.717, 1.165) is 32.6 Å². The summed E-state index contributed by atoms with van der Waals surface area (Å²) in [6, 6.07) is 8.16. The van der Waals surface area contributed by atoms with Gasteiger partial charge in [-0.15, -0.1) is 11.3 Å². The summed E-state index contributed by atoms with van der Waals surface area (Å²) >= 11 is 5.00. The summed E-state index contributed by atoms with van der Waals surface area (Å²) < 4.78 is 2.78. The predicted molar refractivity (Wildman–Crippen MR) is 89.4 cm³/mol. The number of hydrogen-bond donors (Lipinski definition) is 0. The summed E-state index contributed by atoms with van der Waals surface area (Å²) in [4.78, 5) is 12.3. The van der Waals surface area contributed by atoms with Gasteiger partial charge in [0.1, 0.15) is 5.69 Å². The molecule has 106 valence electrons. The Hall–Kier alpha value is -1.72. The Bertz CT molecular complexity index is 820. The van der Waals surface area contributed by atoms with Crippen molar-refractivity contribution in [2.75, 3.05) is 0 Å². The van der Waals surface area contributed by atoms with E-state index in [4.69, 9.17) is 0 Å². The van der Waals surface area contributed by atoms with E-state index in [1.807, 2.05) is 30.5 Å². The van der Waals surface area contributed by atoms with Gasteiger partial charge in [-0.05, 0) is 47.5 Å². The molecule has 5 heteroatoms. The molecule has 0 saturated carbocycles. The van der Waals surface area contributed by atoms with Crippen LogP contribution in [0.3, 0.4) is 0 Å². The minimum Gasteiger partial charge on any atom is -0.298 e. The summed E-state index contributed by atoms with van der Waals surface area (Å²) in [6.07, 6.45) is 2.64. The van der Waals surface area contributed by atoms with E-state index in [9.17, 15) is 4.79 Å².